The Morgan fingerprint density at radius 1 is 1.06 bits per heavy atom. The maximum atomic E-state index is 9.15. The molecule has 1 aromatic carbocycles. The average Bonchev–Trinajstić information content (AvgIpc) is 3.49. The number of aryl methyl sites for hydroxylation is 2. The van der Waals surface area contributed by atoms with E-state index in [0.29, 0.717) is 17.9 Å². The fourth-order valence-electron chi connectivity index (χ4n) is 4.36. The molecule has 0 atom stereocenters. The molecule has 0 spiro atoms. The third-order valence-corrected chi connectivity index (χ3v) is 6.22. The van der Waals surface area contributed by atoms with E-state index in [9.17, 15) is 0 Å². The van der Waals surface area contributed by atoms with Crippen LogP contribution in [0, 0.1) is 31.1 Å². The molecule has 0 bridgehead atoms. The summed E-state index contributed by atoms with van der Waals surface area (Å²) in [6.07, 6.45) is 5.72. The number of rotatable bonds is 7. The lowest BCUT2D eigenvalue weighted by Gasteiger charge is -2.10. The Morgan fingerprint density at radius 3 is 2.48 bits per heavy atom. The summed E-state index contributed by atoms with van der Waals surface area (Å²) in [5.74, 6) is 1.49. The van der Waals surface area contributed by atoms with Crippen LogP contribution in [0.15, 0.2) is 42.7 Å². The summed E-state index contributed by atoms with van der Waals surface area (Å²) >= 11 is 0. The third kappa shape index (κ3) is 4.29. The van der Waals surface area contributed by atoms with Gasteiger partial charge in [-0.1, -0.05) is 19.1 Å². The Hall–Kier alpha value is -3.79. The molecule has 3 heterocycles. The molecule has 1 saturated carbocycles. The molecule has 0 radical (unpaired) electrons. The zero-order valence-electron chi connectivity index (χ0n) is 19.3. The Morgan fingerprint density at radius 2 is 1.85 bits per heavy atom. The third-order valence-electron chi connectivity index (χ3n) is 6.22. The number of aromatic nitrogens is 6. The fourth-order valence-corrected chi connectivity index (χ4v) is 4.36. The lowest BCUT2D eigenvalue weighted by Crippen LogP contribution is -2.10. The summed E-state index contributed by atoms with van der Waals surface area (Å²) in [6, 6.07) is 14.0. The van der Waals surface area contributed by atoms with Crippen molar-refractivity contribution in [3.63, 3.8) is 0 Å². The van der Waals surface area contributed by atoms with Crippen molar-refractivity contribution in [2.24, 2.45) is 5.92 Å². The van der Waals surface area contributed by atoms with Crippen molar-refractivity contribution in [1.29, 1.82) is 5.26 Å². The summed E-state index contributed by atoms with van der Waals surface area (Å²) in [6.45, 7) is 7.14. The van der Waals surface area contributed by atoms with E-state index >= 15 is 0 Å². The molecule has 33 heavy (non-hydrogen) atoms. The van der Waals surface area contributed by atoms with Gasteiger partial charge in [0.2, 0.25) is 0 Å². The molecule has 7 nitrogen and oxygen atoms in total. The summed E-state index contributed by atoms with van der Waals surface area (Å²) < 4.78 is 4.06. The van der Waals surface area contributed by atoms with Gasteiger partial charge >= 0.3 is 0 Å². The van der Waals surface area contributed by atoms with E-state index in [-0.39, 0.29) is 0 Å². The fraction of sp³-hybridized carbons (Fsp3) is 0.346. The van der Waals surface area contributed by atoms with Gasteiger partial charge in [-0.3, -0.25) is 4.68 Å². The monoisotopic (exact) mass is 437 g/mol. The molecular formula is C26H27N7. The molecule has 0 amide bonds. The lowest BCUT2D eigenvalue weighted by atomic mass is 10.0. The molecule has 0 aliphatic heterocycles. The SMILES string of the molecule is CCc1c(-c2ccc(C#N)cc2)nn(CC2CC2)c1Cc1cc(-n2nc(C)cc2C)ncn1. The molecule has 5 rings (SSSR count). The summed E-state index contributed by atoms with van der Waals surface area (Å²) in [5, 5.41) is 18.8. The van der Waals surface area contributed by atoms with Gasteiger partial charge in [-0.15, -0.1) is 0 Å². The standard InChI is InChI=1S/C26H27N7/c1-4-23-24(12-22-13-25(29-16-28-22)33-18(3)11-17(2)30-33)32(15-20-5-6-20)31-26(23)21-9-7-19(14-27)8-10-21/h7-11,13,16,20H,4-6,12,15H2,1-3H3. The molecule has 4 aromatic rings. The Balaban J connectivity index is 1.54. The first kappa shape index (κ1) is 21.1. The van der Waals surface area contributed by atoms with Crippen molar-refractivity contribution >= 4 is 0 Å². The molecule has 1 fully saturated rings. The molecule has 0 N–H and O–H groups in total. The molecule has 7 heteroatoms. The highest BCUT2D eigenvalue weighted by molar-refractivity contribution is 5.65. The van der Waals surface area contributed by atoms with E-state index in [1.54, 1.807) is 6.33 Å². The minimum absolute atomic E-state index is 0.659. The molecule has 0 unspecified atom stereocenters. The number of benzene rings is 1. The summed E-state index contributed by atoms with van der Waals surface area (Å²) in [4.78, 5) is 9.04. The maximum absolute atomic E-state index is 9.15. The van der Waals surface area contributed by atoms with Crippen molar-refractivity contribution in [2.45, 2.75) is 53.0 Å². The van der Waals surface area contributed by atoms with Crippen LogP contribution in [0.25, 0.3) is 17.1 Å². The molecule has 1 aliphatic rings. The highest BCUT2D eigenvalue weighted by atomic mass is 15.3. The van der Waals surface area contributed by atoms with Crippen LogP contribution in [0.3, 0.4) is 0 Å². The predicted octanol–water partition coefficient (Wildman–Crippen LogP) is 4.58. The second-order valence-corrected chi connectivity index (χ2v) is 8.83. The van der Waals surface area contributed by atoms with Crippen LogP contribution in [0.2, 0.25) is 0 Å². The summed E-state index contributed by atoms with van der Waals surface area (Å²) in [7, 11) is 0. The molecule has 166 valence electrons. The Labute approximate surface area is 193 Å². The minimum Gasteiger partial charge on any atom is -0.268 e. The van der Waals surface area contributed by atoms with E-state index < -0.39 is 0 Å². The first-order valence-corrected chi connectivity index (χ1v) is 11.5. The number of nitrogens with zero attached hydrogens (tertiary/aromatic N) is 7. The van der Waals surface area contributed by atoms with E-state index in [2.05, 4.69) is 32.7 Å². The van der Waals surface area contributed by atoms with E-state index in [1.807, 2.05) is 54.9 Å². The normalized spacial score (nSPS) is 13.3. The lowest BCUT2D eigenvalue weighted by molar-refractivity contribution is 0.543. The van der Waals surface area contributed by atoms with Crippen molar-refractivity contribution in [3.8, 4) is 23.1 Å². The molecule has 1 aliphatic carbocycles. The zero-order chi connectivity index (χ0) is 22.9. The molecule has 0 saturated heterocycles. The van der Waals surface area contributed by atoms with Crippen molar-refractivity contribution in [2.75, 3.05) is 0 Å². The van der Waals surface area contributed by atoms with Crippen LogP contribution in [-0.2, 0) is 19.4 Å². The van der Waals surface area contributed by atoms with Gasteiger partial charge in [0, 0.05) is 41.5 Å². The van der Waals surface area contributed by atoms with Crippen LogP contribution in [0.4, 0.5) is 0 Å². The van der Waals surface area contributed by atoms with E-state index in [4.69, 9.17) is 10.4 Å². The minimum atomic E-state index is 0.659. The number of hydrogen-bond donors (Lipinski definition) is 0. The Kier molecular flexibility index (Phi) is 5.51. The van der Waals surface area contributed by atoms with Gasteiger partial charge in [-0.2, -0.15) is 15.5 Å². The summed E-state index contributed by atoms with van der Waals surface area (Å²) in [5.41, 5.74) is 8.13. The second kappa shape index (κ2) is 8.62. The van der Waals surface area contributed by atoms with Gasteiger partial charge < -0.3 is 0 Å². The van der Waals surface area contributed by atoms with Crippen LogP contribution in [0.5, 0.6) is 0 Å². The van der Waals surface area contributed by atoms with Gasteiger partial charge in [-0.25, -0.2) is 14.6 Å². The van der Waals surface area contributed by atoms with Crippen LogP contribution >= 0.6 is 0 Å². The van der Waals surface area contributed by atoms with Gasteiger partial charge in [0.25, 0.3) is 0 Å². The molecular weight excluding hydrogens is 410 g/mol. The van der Waals surface area contributed by atoms with Crippen molar-refractivity contribution in [1.82, 2.24) is 29.5 Å². The number of hydrogen-bond acceptors (Lipinski definition) is 5. The van der Waals surface area contributed by atoms with Crippen molar-refractivity contribution in [3.05, 3.63) is 76.6 Å². The highest BCUT2D eigenvalue weighted by Gasteiger charge is 2.26. The van der Waals surface area contributed by atoms with Gasteiger partial charge in [0.1, 0.15) is 6.33 Å². The highest BCUT2D eigenvalue weighted by Crippen LogP contribution is 2.34. The topological polar surface area (TPSA) is 85.2 Å². The predicted molar refractivity (Wildman–Crippen MR) is 126 cm³/mol. The maximum Gasteiger partial charge on any atom is 0.157 e. The van der Waals surface area contributed by atoms with Gasteiger partial charge in [0.05, 0.1) is 28.7 Å². The average molecular weight is 438 g/mol. The van der Waals surface area contributed by atoms with Crippen molar-refractivity contribution < 1.29 is 0 Å². The van der Waals surface area contributed by atoms with E-state index in [0.717, 1.165) is 47.1 Å². The number of nitriles is 1. The zero-order valence-corrected chi connectivity index (χ0v) is 19.3. The first-order chi connectivity index (χ1) is 16.1. The first-order valence-electron chi connectivity index (χ1n) is 11.5. The van der Waals surface area contributed by atoms with Crippen LogP contribution in [0.1, 0.15) is 53.7 Å². The smallest absolute Gasteiger partial charge is 0.157 e. The quantitative estimate of drug-likeness (QED) is 0.423. The van der Waals surface area contributed by atoms with Gasteiger partial charge in [0.15, 0.2) is 5.82 Å². The van der Waals surface area contributed by atoms with E-state index in [1.165, 1.54) is 24.1 Å². The molecule has 3 aromatic heterocycles. The second-order valence-electron chi connectivity index (χ2n) is 8.83. The van der Waals surface area contributed by atoms with Crippen LogP contribution in [-0.4, -0.2) is 29.5 Å². The Bertz CT molecular complexity index is 1330. The van der Waals surface area contributed by atoms with Gasteiger partial charge in [-0.05, 0) is 57.2 Å². The van der Waals surface area contributed by atoms with Crippen LogP contribution < -0.4 is 0 Å². The largest absolute Gasteiger partial charge is 0.268 e.